The fourth-order valence-electron chi connectivity index (χ4n) is 7.13. The predicted octanol–water partition coefficient (Wildman–Crippen LogP) is 8.52. The molecule has 3 aliphatic carbocycles. The van der Waals surface area contributed by atoms with Gasteiger partial charge in [0.2, 0.25) is 0 Å². The van der Waals surface area contributed by atoms with Crippen LogP contribution < -0.4 is 4.70 Å². The molecule has 0 bridgehead atoms. The molecule has 2 saturated heterocycles. The van der Waals surface area contributed by atoms with Crippen molar-refractivity contribution in [3.63, 3.8) is 0 Å². The molecule has 4 fully saturated rings. The van der Waals surface area contributed by atoms with Crippen molar-refractivity contribution >= 4 is 23.4 Å². The van der Waals surface area contributed by atoms with Gasteiger partial charge in [0, 0.05) is 36.5 Å². The summed E-state index contributed by atoms with van der Waals surface area (Å²) < 4.78 is 29.0. The van der Waals surface area contributed by atoms with Gasteiger partial charge in [0.1, 0.15) is 0 Å². The second kappa shape index (κ2) is 24.7. The van der Waals surface area contributed by atoms with Crippen molar-refractivity contribution in [3.8, 4) is 0 Å². The average molecular weight is 722 g/mol. The van der Waals surface area contributed by atoms with Crippen molar-refractivity contribution in [2.24, 2.45) is 0 Å². The molecule has 0 aromatic heterocycles. The molecular weight excluding hydrogens is 668 g/mol. The molecule has 9 heteroatoms. The van der Waals surface area contributed by atoms with E-state index < -0.39 is 7.54 Å². The van der Waals surface area contributed by atoms with Crippen LogP contribution >= 0.6 is 15.8 Å². The normalized spacial score (nSPS) is 30.7. The van der Waals surface area contributed by atoms with E-state index in [2.05, 4.69) is 52.0 Å². The van der Waals surface area contributed by atoms with Gasteiger partial charge in [-0.1, -0.05) is 93.5 Å². The molecule has 0 aromatic rings. The van der Waals surface area contributed by atoms with Gasteiger partial charge in [-0.2, -0.15) is 0 Å². The zero-order valence-corrected chi connectivity index (χ0v) is 29.3. The van der Waals surface area contributed by atoms with Crippen molar-refractivity contribution in [1.29, 1.82) is 0 Å². The Labute approximate surface area is 265 Å². The fourth-order valence-corrected chi connectivity index (χ4v) is 15.5. The van der Waals surface area contributed by atoms with Crippen LogP contribution in [0, 0.1) is 0 Å². The molecular formula is C30H54BF4FeP2Rh-. The Morgan fingerprint density at radius 3 is 0.923 bits per heavy atom. The maximum atomic E-state index is 9.67. The van der Waals surface area contributed by atoms with Crippen LogP contribution in [0.1, 0.15) is 130 Å². The molecule has 4 atom stereocenters. The van der Waals surface area contributed by atoms with Gasteiger partial charge in [-0.3, -0.25) is 12.9 Å². The van der Waals surface area contributed by atoms with Crippen molar-refractivity contribution in [3.05, 3.63) is 24.3 Å². The van der Waals surface area contributed by atoms with Gasteiger partial charge in [-0.15, -0.1) is 0 Å². The van der Waals surface area contributed by atoms with Crippen molar-refractivity contribution in [2.45, 2.75) is 164 Å². The Kier molecular flexibility index (Phi) is 26.8. The second-order valence-corrected chi connectivity index (χ2v) is 18.4. The van der Waals surface area contributed by atoms with Gasteiger partial charge >= 0.3 is 7.54 Å². The van der Waals surface area contributed by atoms with Crippen LogP contribution in [0.25, 0.3) is 0 Å². The van der Waals surface area contributed by atoms with Crippen molar-refractivity contribution < 1.29 is 54.2 Å². The summed E-state index contributed by atoms with van der Waals surface area (Å²) in [6.07, 6.45) is 32.5. The molecule has 5 aliphatic rings. The molecule has 0 unspecified atom stereocenters. The first-order valence-electron chi connectivity index (χ1n) is 15.1. The third-order valence-electron chi connectivity index (χ3n) is 8.87. The molecule has 2 heterocycles. The SMILES string of the molecule is C1=C\CC/C=C\CC/1.C[C@H]1CC[C@H](C)P1C1CCCC1.C[C@H]1CC[C@H](C)P1C1CCCC1.FB(F)F.[F-].[Fe].[Rh]. The minimum atomic E-state index is -3.67. The first kappa shape index (κ1) is 42.4. The Hall–Kier alpha value is 1.27. The zero-order chi connectivity index (χ0) is 26.3. The van der Waals surface area contributed by atoms with E-state index in [0.29, 0.717) is 15.8 Å². The van der Waals surface area contributed by atoms with E-state index in [4.69, 9.17) is 0 Å². The Morgan fingerprint density at radius 1 is 0.513 bits per heavy atom. The van der Waals surface area contributed by atoms with Gasteiger partial charge in [-0.05, 0) is 111 Å². The molecule has 0 amide bonds. The topological polar surface area (TPSA) is 0 Å². The van der Waals surface area contributed by atoms with E-state index in [1.807, 2.05) is 0 Å². The fraction of sp³-hybridized carbons (Fsp3) is 0.867. The average Bonchev–Trinajstić information content (AvgIpc) is 3.59. The van der Waals surface area contributed by atoms with Gasteiger partial charge in [-0.25, -0.2) is 0 Å². The second-order valence-electron chi connectivity index (χ2n) is 11.7. The predicted molar refractivity (Wildman–Crippen MR) is 160 cm³/mol. The van der Waals surface area contributed by atoms with Crippen LogP contribution in [0.15, 0.2) is 24.3 Å². The monoisotopic (exact) mass is 722 g/mol. The Bertz CT molecular complexity index is 549. The number of rotatable bonds is 2. The maximum absolute atomic E-state index is 9.67. The molecule has 5 rings (SSSR count). The smallest absolute Gasteiger partial charge is 0.762 e. The molecule has 0 N–H and O–H groups in total. The molecule has 233 valence electrons. The van der Waals surface area contributed by atoms with Crippen molar-refractivity contribution in [1.82, 2.24) is 0 Å². The summed E-state index contributed by atoms with van der Waals surface area (Å²) in [5, 5.41) is 0. The first-order chi connectivity index (χ1) is 17.3. The number of hydrogen-bond donors (Lipinski definition) is 0. The Balaban J connectivity index is 0. The van der Waals surface area contributed by atoms with E-state index in [0.717, 1.165) is 22.6 Å². The minimum Gasteiger partial charge on any atom is -1.00 e. The van der Waals surface area contributed by atoms with E-state index in [1.165, 1.54) is 88.4 Å². The van der Waals surface area contributed by atoms with E-state index in [-0.39, 0.29) is 41.3 Å². The van der Waals surface area contributed by atoms with Crippen LogP contribution in [0.2, 0.25) is 0 Å². The largest absolute Gasteiger partial charge is 1.00 e. The van der Waals surface area contributed by atoms with Crippen LogP contribution in [0.5, 0.6) is 0 Å². The summed E-state index contributed by atoms with van der Waals surface area (Å²) in [5.74, 6) is 0. The molecule has 39 heavy (non-hydrogen) atoms. The van der Waals surface area contributed by atoms with Crippen LogP contribution in [0.4, 0.5) is 12.9 Å². The van der Waals surface area contributed by atoms with Crippen LogP contribution in [0.3, 0.4) is 0 Å². The summed E-state index contributed by atoms with van der Waals surface area (Å²) in [6.45, 7) is 10.0. The van der Waals surface area contributed by atoms with E-state index >= 15 is 0 Å². The third kappa shape index (κ3) is 16.6. The van der Waals surface area contributed by atoms with Gasteiger partial charge in [0.15, 0.2) is 0 Å². The van der Waals surface area contributed by atoms with Crippen molar-refractivity contribution in [2.75, 3.05) is 0 Å². The van der Waals surface area contributed by atoms with Gasteiger partial charge in [0.25, 0.3) is 0 Å². The van der Waals surface area contributed by atoms with E-state index in [1.54, 1.807) is 25.7 Å². The summed E-state index contributed by atoms with van der Waals surface area (Å²) in [6, 6.07) is 0. The van der Waals surface area contributed by atoms with E-state index in [9.17, 15) is 12.9 Å². The summed E-state index contributed by atoms with van der Waals surface area (Å²) in [7, 11) is -2.80. The Morgan fingerprint density at radius 2 is 0.718 bits per heavy atom. The molecule has 2 aliphatic heterocycles. The summed E-state index contributed by atoms with van der Waals surface area (Å²) in [4.78, 5) is 0. The van der Waals surface area contributed by atoms with Crippen LogP contribution in [-0.4, -0.2) is 41.5 Å². The number of hydrogen-bond acceptors (Lipinski definition) is 0. The molecule has 2 saturated carbocycles. The quantitative estimate of drug-likeness (QED) is 0.116. The number of halogens is 4. The third-order valence-corrected chi connectivity index (χ3v) is 16.7. The molecule has 1 radical (unpaired) electrons. The standard InChI is InChI=1S/2C11H21P.C8H12.BF3.FH.Fe.Rh/c2*1-9-7-8-10(2)12(9)11-5-3-4-6-11;1-2-4-6-8-7-5-3-1;2-1(3)4;;;/h2*9-11H,3-8H2,1-2H3;1-2,7-8H,3-6H2;;1H;;/p-1/b;;2-1-,8-7-;;;;/t2*9-,10-;;;;;/m00...../s1. The zero-order valence-electron chi connectivity index (χ0n) is 24.8. The molecule has 0 spiro atoms. The van der Waals surface area contributed by atoms with Gasteiger partial charge < -0.3 is 4.70 Å². The van der Waals surface area contributed by atoms with Gasteiger partial charge in [0.05, 0.1) is 0 Å². The summed E-state index contributed by atoms with van der Waals surface area (Å²) >= 11 is 0. The minimum absolute atomic E-state index is 0. The number of allylic oxidation sites excluding steroid dienone is 4. The first-order valence-corrected chi connectivity index (χ1v) is 18.2. The van der Waals surface area contributed by atoms with Crippen LogP contribution in [-0.2, 0) is 36.5 Å². The molecule has 0 aromatic carbocycles. The summed E-state index contributed by atoms with van der Waals surface area (Å²) in [5.41, 5.74) is 6.73. The molecule has 0 nitrogen and oxygen atoms in total. The maximum Gasteiger partial charge on any atom is 0.762 e.